The Kier molecular flexibility index (Phi) is 3.56. The highest BCUT2D eigenvalue weighted by Crippen LogP contribution is 2.17. The number of nitrogens with one attached hydrogen (secondary N) is 1. The van der Waals surface area contributed by atoms with E-state index in [1.807, 2.05) is 36.9 Å². The van der Waals surface area contributed by atoms with Gasteiger partial charge in [0.2, 0.25) is 0 Å². The van der Waals surface area contributed by atoms with Crippen LogP contribution in [0.4, 0.5) is 0 Å². The Hall–Kier alpha value is -1.65. The zero-order chi connectivity index (χ0) is 12.3. The van der Waals surface area contributed by atoms with Gasteiger partial charge in [0.05, 0.1) is 11.7 Å². The lowest BCUT2D eigenvalue weighted by Gasteiger charge is -2.16. The SMILES string of the molecule is Cc1cc(CC(NN)c2ccccc2)n(C)n1. The van der Waals surface area contributed by atoms with E-state index in [-0.39, 0.29) is 6.04 Å². The normalized spacial score (nSPS) is 12.6. The molecule has 3 N–H and O–H groups in total. The number of benzene rings is 1. The van der Waals surface area contributed by atoms with Gasteiger partial charge in [-0.3, -0.25) is 16.0 Å². The van der Waals surface area contributed by atoms with E-state index >= 15 is 0 Å². The summed E-state index contributed by atoms with van der Waals surface area (Å²) in [7, 11) is 1.96. The highest BCUT2D eigenvalue weighted by atomic mass is 15.3. The van der Waals surface area contributed by atoms with E-state index in [2.05, 4.69) is 28.7 Å². The zero-order valence-corrected chi connectivity index (χ0v) is 10.2. The Morgan fingerprint density at radius 1 is 1.35 bits per heavy atom. The third-order valence-electron chi connectivity index (χ3n) is 2.92. The van der Waals surface area contributed by atoms with Crippen molar-refractivity contribution >= 4 is 0 Å². The zero-order valence-electron chi connectivity index (χ0n) is 10.2. The van der Waals surface area contributed by atoms with Crippen LogP contribution in [0.5, 0.6) is 0 Å². The van der Waals surface area contributed by atoms with E-state index in [0.717, 1.165) is 12.1 Å². The van der Waals surface area contributed by atoms with Crippen molar-refractivity contribution in [1.29, 1.82) is 0 Å². The van der Waals surface area contributed by atoms with E-state index in [1.54, 1.807) is 0 Å². The summed E-state index contributed by atoms with van der Waals surface area (Å²) in [6.07, 6.45) is 0.831. The lowest BCUT2D eigenvalue weighted by molar-refractivity contribution is 0.530. The molecule has 2 aromatic rings. The molecule has 0 fully saturated rings. The van der Waals surface area contributed by atoms with Crippen LogP contribution < -0.4 is 11.3 Å². The van der Waals surface area contributed by atoms with Gasteiger partial charge in [0.25, 0.3) is 0 Å². The van der Waals surface area contributed by atoms with Crippen molar-refractivity contribution in [3.63, 3.8) is 0 Å². The maximum Gasteiger partial charge on any atom is 0.0596 e. The molecule has 17 heavy (non-hydrogen) atoms. The fourth-order valence-electron chi connectivity index (χ4n) is 2.02. The number of hydrazine groups is 1. The van der Waals surface area contributed by atoms with Gasteiger partial charge in [-0.15, -0.1) is 0 Å². The summed E-state index contributed by atoms with van der Waals surface area (Å²) in [5, 5.41) is 4.34. The van der Waals surface area contributed by atoms with Crippen LogP contribution in [0.15, 0.2) is 36.4 Å². The summed E-state index contributed by atoms with van der Waals surface area (Å²) in [5.41, 5.74) is 6.26. The Morgan fingerprint density at radius 2 is 2.06 bits per heavy atom. The van der Waals surface area contributed by atoms with Crippen molar-refractivity contribution in [2.24, 2.45) is 12.9 Å². The molecule has 0 aliphatic heterocycles. The van der Waals surface area contributed by atoms with Crippen LogP contribution in [-0.4, -0.2) is 9.78 Å². The molecule has 0 aliphatic rings. The molecule has 1 aromatic heterocycles. The first-order valence-corrected chi connectivity index (χ1v) is 5.71. The monoisotopic (exact) mass is 230 g/mol. The van der Waals surface area contributed by atoms with Crippen LogP contribution in [0, 0.1) is 6.92 Å². The number of nitrogens with two attached hydrogens (primary N) is 1. The summed E-state index contributed by atoms with van der Waals surface area (Å²) in [4.78, 5) is 0. The Morgan fingerprint density at radius 3 is 2.59 bits per heavy atom. The maximum atomic E-state index is 5.63. The molecular weight excluding hydrogens is 212 g/mol. The summed E-state index contributed by atoms with van der Waals surface area (Å²) in [5.74, 6) is 5.63. The van der Waals surface area contributed by atoms with Crippen molar-refractivity contribution in [3.8, 4) is 0 Å². The molecule has 1 unspecified atom stereocenters. The molecule has 1 atom stereocenters. The lowest BCUT2D eigenvalue weighted by atomic mass is 10.0. The first-order chi connectivity index (χ1) is 8.20. The third-order valence-corrected chi connectivity index (χ3v) is 2.92. The second-order valence-corrected chi connectivity index (χ2v) is 4.23. The molecule has 0 amide bonds. The summed E-state index contributed by atoms with van der Waals surface area (Å²) >= 11 is 0. The number of rotatable bonds is 4. The van der Waals surface area contributed by atoms with Gasteiger partial charge in [0.15, 0.2) is 0 Å². The predicted molar refractivity (Wildman–Crippen MR) is 68.2 cm³/mol. The number of hydrogen-bond donors (Lipinski definition) is 2. The van der Waals surface area contributed by atoms with E-state index in [9.17, 15) is 0 Å². The molecule has 1 heterocycles. The van der Waals surface area contributed by atoms with Crippen LogP contribution in [0.1, 0.15) is 23.0 Å². The van der Waals surface area contributed by atoms with Gasteiger partial charge in [-0.1, -0.05) is 30.3 Å². The highest BCUT2D eigenvalue weighted by molar-refractivity contribution is 5.21. The summed E-state index contributed by atoms with van der Waals surface area (Å²) in [6.45, 7) is 2.00. The number of nitrogens with zero attached hydrogens (tertiary/aromatic N) is 2. The molecule has 0 aliphatic carbocycles. The van der Waals surface area contributed by atoms with Crippen molar-refractivity contribution in [1.82, 2.24) is 15.2 Å². The summed E-state index contributed by atoms with van der Waals surface area (Å²) in [6, 6.07) is 12.4. The van der Waals surface area contributed by atoms with Crippen molar-refractivity contribution < 1.29 is 0 Å². The first-order valence-electron chi connectivity index (χ1n) is 5.71. The van der Waals surface area contributed by atoms with E-state index in [0.29, 0.717) is 0 Å². The minimum Gasteiger partial charge on any atom is -0.272 e. The van der Waals surface area contributed by atoms with Gasteiger partial charge in [-0.05, 0) is 18.6 Å². The van der Waals surface area contributed by atoms with Gasteiger partial charge >= 0.3 is 0 Å². The lowest BCUT2D eigenvalue weighted by Crippen LogP contribution is -2.30. The Labute approximate surface area is 101 Å². The molecule has 2 rings (SSSR count). The fourth-order valence-corrected chi connectivity index (χ4v) is 2.02. The molecule has 0 saturated carbocycles. The van der Waals surface area contributed by atoms with Gasteiger partial charge in [0, 0.05) is 19.2 Å². The van der Waals surface area contributed by atoms with Crippen molar-refractivity contribution in [2.75, 3.05) is 0 Å². The second-order valence-electron chi connectivity index (χ2n) is 4.23. The van der Waals surface area contributed by atoms with Crippen molar-refractivity contribution in [3.05, 3.63) is 53.3 Å². The largest absolute Gasteiger partial charge is 0.272 e. The van der Waals surface area contributed by atoms with Crippen LogP contribution in [0.3, 0.4) is 0 Å². The topological polar surface area (TPSA) is 55.9 Å². The molecule has 4 nitrogen and oxygen atoms in total. The summed E-state index contributed by atoms with van der Waals surface area (Å²) < 4.78 is 1.91. The second kappa shape index (κ2) is 5.12. The van der Waals surface area contributed by atoms with Gasteiger partial charge < -0.3 is 0 Å². The average molecular weight is 230 g/mol. The van der Waals surface area contributed by atoms with E-state index < -0.39 is 0 Å². The molecule has 4 heteroatoms. The minimum absolute atomic E-state index is 0.117. The van der Waals surface area contributed by atoms with Gasteiger partial charge in [0.1, 0.15) is 0 Å². The Bertz CT molecular complexity index is 475. The molecule has 0 bridgehead atoms. The van der Waals surface area contributed by atoms with Gasteiger partial charge in [-0.2, -0.15) is 5.10 Å². The molecule has 0 radical (unpaired) electrons. The molecule has 90 valence electrons. The van der Waals surface area contributed by atoms with E-state index in [4.69, 9.17) is 5.84 Å². The number of aromatic nitrogens is 2. The Balaban J connectivity index is 2.18. The van der Waals surface area contributed by atoms with Crippen LogP contribution in [0.25, 0.3) is 0 Å². The maximum absolute atomic E-state index is 5.63. The third kappa shape index (κ3) is 2.72. The van der Waals surface area contributed by atoms with Crippen LogP contribution in [-0.2, 0) is 13.5 Å². The quantitative estimate of drug-likeness (QED) is 0.618. The van der Waals surface area contributed by atoms with Gasteiger partial charge in [-0.25, -0.2) is 0 Å². The molecular formula is C13H18N4. The van der Waals surface area contributed by atoms with E-state index in [1.165, 1.54) is 11.3 Å². The number of hydrogen-bond acceptors (Lipinski definition) is 3. The predicted octanol–water partition coefficient (Wildman–Crippen LogP) is 1.48. The standard InChI is InChI=1S/C13H18N4/c1-10-8-12(17(2)16-10)9-13(15-14)11-6-4-3-5-7-11/h3-8,13,15H,9,14H2,1-2H3. The first kappa shape index (κ1) is 11.8. The smallest absolute Gasteiger partial charge is 0.0596 e. The highest BCUT2D eigenvalue weighted by Gasteiger charge is 2.12. The molecule has 1 aromatic carbocycles. The molecule has 0 spiro atoms. The number of aryl methyl sites for hydroxylation is 2. The van der Waals surface area contributed by atoms with Crippen molar-refractivity contribution in [2.45, 2.75) is 19.4 Å². The van der Waals surface area contributed by atoms with Crippen LogP contribution >= 0.6 is 0 Å². The fraction of sp³-hybridized carbons (Fsp3) is 0.308. The minimum atomic E-state index is 0.117. The van der Waals surface area contributed by atoms with Crippen LogP contribution in [0.2, 0.25) is 0 Å². The average Bonchev–Trinajstić information content (AvgIpc) is 2.66. The molecule has 0 saturated heterocycles.